The van der Waals surface area contributed by atoms with Crippen LogP contribution in [-0.2, 0) is 4.79 Å². The predicted octanol–water partition coefficient (Wildman–Crippen LogP) is 4.41. The highest BCUT2D eigenvalue weighted by atomic mass is 35.5. The van der Waals surface area contributed by atoms with E-state index in [2.05, 4.69) is 5.32 Å². The summed E-state index contributed by atoms with van der Waals surface area (Å²) < 4.78 is 10.5. The summed E-state index contributed by atoms with van der Waals surface area (Å²) in [6.07, 6.45) is 0.854. The maximum atomic E-state index is 12.5. The molecule has 0 aromatic heterocycles. The molecule has 5 heteroatoms. The maximum Gasteiger partial charge on any atom is 0.228 e. The minimum atomic E-state index is -0.0147. The number of carbonyl (C=O) groups is 1. The van der Waals surface area contributed by atoms with Crippen molar-refractivity contribution in [2.75, 3.05) is 19.5 Å². The lowest BCUT2D eigenvalue weighted by Gasteiger charge is -2.12. The molecule has 0 heterocycles. The Balaban J connectivity index is 1.69. The molecule has 0 saturated heterocycles. The van der Waals surface area contributed by atoms with Gasteiger partial charge in [-0.25, -0.2) is 0 Å². The zero-order chi connectivity index (χ0) is 17.3. The molecule has 2 aromatic rings. The van der Waals surface area contributed by atoms with E-state index < -0.39 is 0 Å². The van der Waals surface area contributed by atoms with Gasteiger partial charge in [-0.1, -0.05) is 23.7 Å². The van der Waals surface area contributed by atoms with Gasteiger partial charge in [0.2, 0.25) is 5.91 Å². The van der Waals surface area contributed by atoms with Gasteiger partial charge < -0.3 is 14.8 Å². The second-order valence-corrected chi connectivity index (χ2v) is 6.42. The van der Waals surface area contributed by atoms with Crippen molar-refractivity contribution in [2.45, 2.75) is 19.3 Å². The number of benzene rings is 2. The van der Waals surface area contributed by atoms with Crippen LogP contribution in [0.25, 0.3) is 0 Å². The van der Waals surface area contributed by atoms with Gasteiger partial charge in [0.1, 0.15) is 11.5 Å². The molecule has 1 aliphatic carbocycles. The summed E-state index contributed by atoms with van der Waals surface area (Å²) >= 11 is 6.10. The minimum Gasteiger partial charge on any atom is -0.497 e. The first-order chi connectivity index (χ1) is 11.5. The summed E-state index contributed by atoms with van der Waals surface area (Å²) in [5, 5.41) is 3.58. The van der Waals surface area contributed by atoms with E-state index in [1.54, 1.807) is 20.3 Å². The number of nitrogens with one attached hydrogen (secondary N) is 1. The first-order valence-corrected chi connectivity index (χ1v) is 8.20. The average Bonchev–Trinajstić information content (AvgIpc) is 3.39. The molecule has 3 rings (SSSR count). The summed E-state index contributed by atoms with van der Waals surface area (Å²) in [6, 6.07) is 11.4. The Bertz CT molecular complexity index is 758. The fourth-order valence-corrected chi connectivity index (χ4v) is 3.01. The fourth-order valence-electron chi connectivity index (χ4n) is 2.86. The number of hydrogen-bond donors (Lipinski definition) is 1. The summed E-state index contributed by atoms with van der Waals surface area (Å²) in [6.45, 7) is 1.90. The highest BCUT2D eigenvalue weighted by Gasteiger charge is 2.44. The van der Waals surface area contributed by atoms with E-state index >= 15 is 0 Å². The van der Waals surface area contributed by atoms with Gasteiger partial charge in [-0.3, -0.25) is 4.79 Å². The van der Waals surface area contributed by atoms with Gasteiger partial charge in [0, 0.05) is 17.0 Å². The van der Waals surface area contributed by atoms with Crippen molar-refractivity contribution in [3.05, 3.63) is 52.5 Å². The highest BCUT2D eigenvalue weighted by Crippen LogP contribution is 2.48. The Morgan fingerprint density at radius 2 is 1.88 bits per heavy atom. The van der Waals surface area contributed by atoms with Gasteiger partial charge in [-0.05, 0) is 48.6 Å². The molecule has 0 bridgehead atoms. The molecule has 1 aliphatic rings. The topological polar surface area (TPSA) is 47.6 Å². The molecule has 1 amide bonds. The lowest BCUT2D eigenvalue weighted by Crippen LogP contribution is -2.15. The van der Waals surface area contributed by atoms with Gasteiger partial charge in [0.25, 0.3) is 0 Å². The first kappa shape index (κ1) is 16.7. The van der Waals surface area contributed by atoms with Gasteiger partial charge >= 0.3 is 0 Å². The van der Waals surface area contributed by atoms with Crippen LogP contribution in [-0.4, -0.2) is 20.1 Å². The van der Waals surface area contributed by atoms with Crippen LogP contribution in [0.15, 0.2) is 36.4 Å². The second-order valence-electron chi connectivity index (χ2n) is 6.01. The van der Waals surface area contributed by atoms with E-state index in [4.69, 9.17) is 21.1 Å². The Morgan fingerprint density at radius 1 is 1.17 bits per heavy atom. The van der Waals surface area contributed by atoms with Crippen molar-refractivity contribution in [1.82, 2.24) is 0 Å². The van der Waals surface area contributed by atoms with Crippen molar-refractivity contribution in [1.29, 1.82) is 0 Å². The van der Waals surface area contributed by atoms with Gasteiger partial charge in [-0.2, -0.15) is 0 Å². The standard InChI is InChI=1S/C19H20ClNO3/c1-11-8-17(18(24-3)10-16(11)20)21-19(22)15-9-14(15)12-4-6-13(23-2)7-5-12/h4-8,10,14-15H,9H2,1-3H3,(H,21,22). The molecule has 2 atom stereocenters. The maximum absolute atomic E-state index is 12.5. The van der Waals surface area contributed by atoms with Crippen LogP contribution in [0, 0.1) is 12.8 Å². The van der Waals surface area contributed by atoms with Gasteiger partial charge in [0.05, 0.1) is 19.9 Å². The molecule has 2 aromatic carbocycles. The lowest BCUT2D eigenvalue weighted by molar-refractivity contribution is -0.117. The van der Waals surface area contributed by atoms with E-state index in [1.807, 2.05) is 37.3 Å². The zero-order valence-corrected chi connectivity index (χ0v) is 14.7. The Morgan fingerprint density at radius 3 is 2.50 bits per heavy atom. The van der Waals surface area contributed by atoms with Crippen LogP contribution in [0.4, 0.5) is 5.69 Å². The number of anilines is 1. The van der Waals surface area contributed by atoms with Crippen LogP contribution in [0.1, 0.15) is 23.5 Å². The number of ether oxygens (including phenoxy) is 2. The molecular formula is C19H20ClNO3. The Labute approximate surface area is 146 Å². The number of halogens is 1. The van der Waals surface area contributed by atoms with Crippen molar-refractivity contribution in [3.63, 3.8) is 0 Å². The zero-order valence-electron chi connectivity index (χ0n) is 13.9. The van der Waals surface area contributed by atoms with Crippen molar-refractivity contribution >= 4 is 23.2 Å². The smallest absolute Gasteiger partial charge is 0.228 e. The van der Waals surface area contributed by atoms with Crippen LogP contribution in [0.5, 0.6) is 11.5 Å². The second kappa shape index (κ2) is 6.73. The number of aryl methyl sites for hydroxylation is 1. The third-order valence-electron chi connectivity index (χ3n) is 4.41. The molecule has 4 nitrogen and oxygen atoms in total. The largest absolute Gasteiger partial charge is 0.497 e. The summed E-state index contributed by atoms with van der Waals surface area (Å²) in [7, 11) is 3.21. The molecule has 1 N–H and O–H groups in total. The number of rotatable bonds is 5. The summed E-state index contributed by atoms with van der Waals surface area (Å²) in [5.41, 5.74) is 2.72. The highest BCUT2D eigenvalue weighted by molar-refractivity contribution is 6.31. The van der Waals surface area contributed by atoms with Crippen LogP contribution in [0.3, 0.4) is 0 Å². The monoisotopic (exact) mass is 345 g/mol. The summed E-state index contributed by atoms with van der Waals surface area (Å²) in [5.74, 6) is 1.65. The van der Waals surface area contributed by atoms with Crippen molar-refractivity contribution in [2.24, 2.45) is 5.92 Å². The minimum absolute atomic E-state index is 0.0100. The first-order valence-electron chi connectivity index (χ1n) is 7.82. The van der Waals surface area contributed by atoms with Crippen LogP contribution < -0.4 is 14.8 Å². The fraction of sp³-hybridized carbons (Fsp3) is 0.316. The number of methoxy groups -OCH3 is 2. The number of hydrogen-bond acceptors (Lipinski definition) is 3. The van der Waals surface area contributed by atoms with Gasteiger partial charge in [-0.15, -0.1) is 0 Å². The Kier molecular flexibility index (Phi) is 4.67. The normalized spacial score (nSPS) is 18.8. The molecule has 0 aliphatic heterocycles. The third-order valence-corrected chi connectivity index (χ3v) is 4.82. The molecule has 1 fully saturated rings. The SMILES string of the molecule is COc1ccc(C2CC2C(=O)Nc2cc(C)c(Cl)cc2OC)cc1. The summed E-state index contributed by atoms with van der Waals surface area (Å²) in [4.78, 5) is 12.5. The van der Waals surface area contributed by atoms with Crippen molar-refractivity contribution in [3.8, 4) is 11.5 Å². The predicted molar refractivity (Wildman–Crippen MR) is 95.2 cm³/mol. The van der Waals surface area contributed by atoms with Crippen LogP contribution in [0.2, 0.25) is 5.02 Å². The molecule has 24 heavy (non-hydrogen) atoms. The van der Waals surface area contributed by atoms with Crippen LogP contribution >= 0.6 is 11.6 Å². The van der Waals surface area contributed by atoms with Gasteiger partial charge in [0.15, 0.2) is 0 Å². The van der Waals surface area contributed by atoms with E-state index in [1.165, 1.54) is 0 Å². The third kappa shape index (κ3) is 3.34. The molecule has 2 unspecified atom stereocenters. The molecule has 0 spiro atoms. The van der Waals surface area contributed by atoms with E-state index in [9.17, 15) is 4.79 Å². The van der Waals surface area contributed by atoms with E-state index in [-0.39, 0.29) is 17.7 Å². The van der Waals surface area contributed by atoms with E-state index in [0.29, 0.717) is 16.5 Å². The van der Waals surface area contributed by atoms with Crippen molar-refractivity contribution < 1.29 is 14.3 Å². The lowest BCUT2D eigenvalue weighted by atomic mass is 10.1. The number of carbonyl (C=O) groups excluding carboxylic acids is 1. The average molecular weight is 346 g/mol. The Hall–Kier alpha value is -2.20. The molecule has 0 radical (unpaired) electrons. The molecular weight excluding hydrogens is 326 g/mol. The molecule has 126 valence electrons. The number of amides is 1. The van der Waals surface area contributed by atoms with E-state index in [0.717, 1.165) is 23.3 Å². The molecule has 1 saturated carbocycles. The quantitative estimate of drug-likeness (QED) is 0.873.